The number of fused-ring (bicyclic) bond motifs is 1. The highest BCUT2D eigenvalue weighted by atomic mass is 19.4. The second-order valence-electron chi connectivity index (χ2n) is 9.12. The molecule has 5 rings (SSSR count). The second-order valence-corrected chi connectivity index (χ2v) is 9.12. The Labute approximate surface area is 224 Å². The number of carbonyl (C=O) groups excluding carboxylic acids is 1. The SMILES string of the molecule is COC(=O)Cc1ccc(CNc2cccc(-c3c(-c4ccccc4)cnc4c(C(F)(F)F)cccc34)c2)cc1. The number of nitrogens with zero attached hydrogens (tertiary/aromatic N) is 1. The highest BCUT2D eigenvalue weighted by molar-refractivity contribution is 6.03. The van der Waals surface area contributed by atoms with Gasteiger partial charge in [0.15, 0.2) is 0 Å². The fourth-order valence-corrected chi connectivity index (χ4v) is 4.60. The Hall–Kier alpha value is -4.65. The standard InChI is InChI=1S/C32H25F3N2O2/c1-39-29(38)17-21-13-15-22(16-14-21)19-36-25-10-5-9-24(18-25)30-26-11-6-12-28(32(33,34)35)31(26)37-20-27(30)23-7-3-2-4-8-23/h2-16,18,20,36H,17,19H2,1H3. The van der Waals surface area contributed by atoms with E-state index in [0.717, 1.165) is 39.6 Å². The van der Waals surface area contributed by atoms with Gasteiger partial charge < -0.3 is 10.1 Å². The van der Waals surface area contributed by atoms with E-state index in [2.05, 4.69) is 10.3 Å². The smallest absolute Gasteiger partial charge is 0.418 e. The summed E-state index contributed by atoms with van der Waals surface area (Å²) in [6.07, 6.45) is -2.78. The number of methoxy groups -OCH3 is 1. The third kappa shape index (κ3) is 5.77. The Morgan fingerprint density at radius 2 is 1.54 bits per heavy atom. The number of pyridine rings is 1. The number of esters is 1. The van der Waals surface area contributed by atoms with Crippen molar-refractivity contribution in [3.05, 3.63) is 120 Å². The van der Waals surface area contributed by atoms with E-state index in [-0.39, 0.29) is 17.9 Å². The molecular weight excluding hydrogens is 501 g/mol. The molecule has 1 N–H and O–H groups in total. The van der Waals surface area contributed by atoms with E-state index >= 15 is 0 Å². The van der Waals surface area contributed by atoms with Gasteiger partial charge in [0.2, 0.25) is 0 Å². The Bertz CT molecular complexity index is 1620. The molecule has 0 aliphatic heterocycles. The van der Waals surface area contributed by atoms with Gasteiger partial charge in [-0.1, -0.05) is 78.9 Å². The van der Waals surface area contributed by atoms with Crippen molar-refractivity contribution in [2.45, 2.75) is 19.1 Å². The van der Waals surface area contributed by atoms with Crippen molar-refractivity contribution in [2.75, 3.05) is 12.4 Å². The maximum atomic E-state index is 13.8. The van der Waals surface area contributed by atoms with E-state index < -0.39 is 11.7 Å². The molecule has 39 heavy (non-hydrogen) atoms. The average Bonchev–Trinajstić information content (AvgIpc) is 2.96. The lowest BCUT2D eigenvalue weighted by Gasteiger charge is -2.17. The molecule has 0 bridgehead atoms. The van der Waals surface area contributed by atoms with Crippen molar-refractivity contribution in [1.82, 2.24) is 4.98 Å². The number of halogens is 3. The number of rotatable bonds is 7. The zero-order chi connectivity index (χ0) is 27.4. The lowest BCUT2D eigenvalue weighted by molar-refractivity contribution is -0.140. The molecule has 4 nitrogen and oxygen atoms in total. The summed E-state index contributed by atoms with van der Waals surface area (Å²) in [5.74, 6) is -0.293. The van der Waals surface area contributed by atoms with E-state index in [9.17, 15) is 18.0 Å². The van der Waals surface area contributed by atoms with Crippen LogP contribution in [0.5, 0.6) is 0 Å². The van der Waals surface area contributed by atoms with Gasteiger partial charge in [-0.2, -0.15) is 13.2 Å². The van der Waals surface area contributed by atoms with Gasteiger partial charge in [0, 0.05) is 34.9 Å². The Balaban J connectivity index is 1.52. The summed E-state index contributed by atoms with van der Waals surface area (Å²) in [7, 11) is 1.36. The van der Waals surface area contributed by atoms with Crippen molar-refractivity contribution in [2.24, 2.45) is 0 Å². The molecule has 0 aliphatic rings. The number of hydrogen-bond donors (Lipinski definition) is 1. The van der Waals surface area contributed by atoms with Gasteiger partial charge in [-0.05, 0) is 40.5 Å². The molecule has 1 aromatic heterocycles. The fraction of sp³-hybridized carbons (Fsp3) is 0.125. The lowest BCUT2D eigenvalue weighted by Crippen LogP contribution is -2.07. The van der Waals surface area contributed by atoms with Crippen LogP contribution in [0.25, 0.3) is 33.2 Å². The largest absolute Gasteiger partial charge is 0.469 e. The van der Waals surface area contributed by atoms with Crippen LogP contribution in [-0.4, -0.2) is 18.1 Å². The van der Waals surface area contributed by atoms with Gasteiger partial charge in [0.05, 0.1) is 24.6 Å². The summed E-state index contributed by atoms with van der Waals surface area (Å²) in [5.41, 5.74) is 4.95. The molecule has 0 saturated heterocycles. The number of alkyl halides is 3. The first kappa shape index (κ1) is 26.0. The quantitative estimate of drug-likeness (QED) is 0.219. The summed E-state index contributed by atoms with van der Waals surface area (Å²) in [6.45, 7) is 0.531. The van der Waals surface area contributed by atoms with Gasteiger partial charge in [-0.25, -0.2) is 0 Å². The zero-order valence-corrected chi connectivity index (χ0v) is 21.1. The van der Waals surface area contributed by atoms with Crippen LogP contribution >= 0.6 is 0 Å². The number of hydrogen-bond acceptors (Lipinski definition) is 4. The van der Waals surface area contributed by atoms with Crippen LogP contribution in [0.3, 0.4) is 0 Å². The topological polar surface area (TPSA) is 51.2 Å². The molecule has 0 fully saturated rings. The van der Waals surface area contributed by atoms with E-state index in [0.29, 0.717) is 17.5 Å². The average molecular weight is 527 g/mol. The molecular formula is C32H25F3N2O2. The number of carbonyl (C=O) groups is 1. The molecule has 0 amide bonds. The number of aromatic nitrogens is 1. The fourth-order valence-electron chi connectivity index (χ4n) is 4.60. The molecule has 0 atom stereocenters. The molecule has 0 spiro atoms. The number of ether oxygens (including phenoxy) is 1. The molecule has 0 unspecified atom stereocenters. The zero-order valence-electron chi connectivity index (χ0n) is 21.1. The van der Waals surface area contributed by atoms with E-state index in [1.807, 2.05) is 78.9 Å². The van der Waals surface area contributed by atoms with E-state index in [1.54, 1.807) is 6.07 Å². The monoisotopic (exact) mass is 526 g/mol. The predicted molar refractivity (Wildman–Crippen MR) is 147 cm³/mol. The van der Waals surface area contributed by atoms with Gasteiger partial charge in [0.25, 0.3) is 0 Å². The Morgan fingerprint density at radius 1 is 0.846 bits per heavy atom. The van der Waals surface area contributed by atoms with E-state index in [4.69, 9.17) is 4.74 Å². The maximum absolute atomic E-state index is 13.8. The first-order valence-electron chi connectivity index (χ1n) is 12.4. The van der Waals surface area contributed by atoms with Crippen molar-refractivity contribution in [1.29, 1.82) is 0 Å². The van der Waals surface area contributed by atoms with Crippen molar-refractivity contribution in [3.63, 3.8) is 0 Å². The summed E-state index contributed by atoms with van der Waals surface area (Å²) < 4.78 is 46.2. The number of benzene rings is 4. The summed E-state index contributed by atoms with van der Waals surface area (Å²) in [4.78, 5) is 15.8. The molecule has 0 aliphatic carbocycles. The summed E-state index contributed by atoms with van der Waals surface area (Å²) >= 11 is 0. The predicted octanol–water partition coefficient (Wildman–Crippen LogP) is 7.92. The third-order valence-corrected chi connectivity index (χ3v) is 6.53. The lowest BCUT2D eigenvalue weighted by atomic mass is 9.91. The van der Waals surface area contributed by atoms with Crippen molar-refractivity contribution in [3.8, 4) is 22.3 Å². The molecule has 7 heteroatoms. The van der Waals surface area contributed by atoms with Crippen LogP contribution in [0.2, 0.25) is 0 Å². The minimum atomic E-state index is -4.52. The van der Waals surface area contributed by atoms with Gasteiger partial charge in [-0.3, -0.25) is 9.78 Å². The number of anilines is 1. The minimum Gasteiger partial charge on any atom is -0.469 e. The highest BCUT2D eigenvalue weighted by Crippen LogP contribution is 2.41. The maximum Gasteiger partial charge on any atom is 0.418 e. The third-order valence-electron chi connectivity index (χ3n) is 6.53. The molecule has 196 valence electrons. The first-order chi connectivity index (χ1) is 18.8. The molecule has 0 radical (unpaired) electrons. The van der Waals surface area contributed by atoms with Crippen molar-refractivity contribution < 1.29 is 22.7 Å². The highest BCUT2D eigenvalue weighted by Gasteiger charge is 2.33. The van der Waals surface area contributed by atoms with E-state index in [1.165, 1.54) is 19.4 Å². The van der Waals surface area contributed by atoms with Crippen LogP contribution in [0.1, 0.15) is 16.7 Å². The van der Waals surface area contributed by atoms with Crippen LogP contribution in [-0.2, 0) is 28.7 Å². The molecule has 1 heterocycles. The van der Waals surface area contributed by atoms with Gasteiger partial charge in [0.1, 0.15) is 0 Å². The second kappa shape index (κ2) is 11.0. The number of para-hydroxylation sites is 1. The number of nitrogens with one attached hydrogen (secondary N) is 1. The molecule has 4 aromatic carbocycles. The van der Waals surface area contributed by atoms with Gasteiger partial charge in [-0.15, -0.1) is 0 Å². The van der Waals surface area contributed by atoms with Crippen LogP contribution in [0.4, 0.5) is 18.9 Å². The van der Waals surface area contributed by atoms with Gasteiger partial charge >= 0.3 is 12.1 Å². The summed E-state index contributed by atoms with van der Waals surface area (Å²) in [6, 6.07) is 29.0. The Kier molecular flexibility index (Phi) is 7.32. The van der Waals surface area contributed by atoms with Crippen LogP contribution < -0.4 is 5.32 Å². The van der Waals surface area contributed by atoms with Crippen LogP contribution in [0.15, 0.2) is 103 Å². The minimum absolute atomic E-state index is 0.0786. The summed E-state index contributed by atoms with van der Waals surface area (Å²) in [5, 5.41) is 3.83. The van der Waals surface area contributed by atoms with Crippen LogP contribution in [0, 0.1) is 0 Å². The normalized spacial score (nSPS) is 11.4. The Morgan fingerprint density at radius 3 is 2.26 bits per heavy atom. The van der Waals surface area contributed by atoms with Crippen molar-refractivity contribution >= 4 is 22.6 Å². The first-order valence-corrected chi connectivity index (χ1v) is 12.4. The molecule has 5 aromatic rings. The molecule has 0 saturated carbocycles.